The molecule has 0 aliphatic carbocycles. The fraction of sp³-hybridized carbons (Fsp3) is 0.0500. The average molecular weight is 384 g/mol. The number of carbonyl (C=O) groups is 1. The maximum atomic E-state index is 13.0. The lowest BCUT2D eigenvalue weighted by Crippen LogP contribution is -2.18. The van der Waals surface area contributed by atoms with E-state index < -0.39 is 21.7 Å². The zero-order valence-corrected chi connectivity index (χ0v) is 15.3. The Kier molecular flexibility index (Phi) is 5.23. The van der Waals surface area contributed by atoms with E-state index >= 15 is 0 Å². The van der Waals surface area contributed by atoms with E-state index in [0.717, 1.165) is 29.8 Å². The predicted molar refractivity (Wildman–Crippen MR) is 103 cm³/mol. The van der Waals surface area contributed by atoms with Crippen molar-refractivity contribution in [2.45, 2.75) is 11.8 Å². The van der Waals surface area contributed by atoms with Gasteiger partial charge in [-0.1, -0.05) is 29.8 Å². The Hall–Kier alpha value is -3.19. The number of hydrogen-bond acceptors (Lipinski definition) is 3. The first-order valence-electron chi connectivity index (χ1n) is 8.10. The Bertz CT molecular complexity index is 1060. The highest BCUT2D eigenvalue weighted by atomic mass is 32.2. The standard InChI is InChI=1S/C20H17FN2O3S/c1-14-6-10-16(11-7-14)22-20(24)18-4-2-3-5-19(18)23-27(25,26)17-12-8-15(21)9-13-17/h2-13,23H,1H3,(H,22,24). The van der Waals surface area contributed by atoms with Crippen LogP contribution in [0.4, 0.5) is 15.8 Å². The molecule has 0 saturated heterocycles. The minimum absolute atomic E-state index is 0.0994. The van der Waals surface area contributed by atoms with Gasteiger partial charge < -0.3 is 5.32 Å². The molecule has 0 atom stereocenters. The van der Waals surface area contributed by atoms with Crippen molar-refractivity contribution in [1.82, 2.24) is 0 Å². The van der Waals surface area contributed by atoms with E-state index in [2.05, 4.69) is 10.0 Å². The second kappa shape index (κ2) is 7.59. The van der Waals surface area contributed by atoms with E-state index in [0.29, 0.717) is 5.69 Å². The molecule has 0 unspecified atom stereocenters. The number of hydrogen-bond donors (Lipinski definition) is 2. The lowest BCUT2D eigenvalue weighted by atomic mass is 10.1. The highest BCUT2D eigenvalue weighted by Crippen LogP contribution is 2.22. The van der Waals surface area contributed by atoms with E-state index in [1.165, 1.54) is 12.1 Å². The van der Waals surface area contributed by atoms with Gasteiger partial charge in [-0.25, -0.2) is 12.8 Å². The molecule has 27 heavy (non-hydrogen) atoms. The first-order chi connectivity index (χ1) is 12.8. The molecular weight excluding hydrogens is 367 g/mol. The van der Waals surface area contributed by atoms with Crippen LogP contribution in [-0.4, -0.2) is 14.3 Å². The number of amides is 1. The smallest absolute Gasteiger partial charge is 0.261 e. The highest BCUT2D eigenvalue weighted by Gasteiger charge is 2.18. The van der Waals surface area contributed by atoms with E-state index in [1.54, 1.807) is 24.3 Å². The summed E-state index contributed by atoms with van der Waals surface area (Å²) in [5.41, 5.74) is 1.96. The van der Waals surface area contributed by atoms with Crippen LogP contribution in [-0.2, 0) is 10.0 Å². The summed E-state index contributed by atoms with van der Waals surface area (Å²) >= 11 is 0. The van der Waals surface area contributed by atoms with Crippen molar-refractivity contribution in [2.75, 3.05) is 10.0 Å². The normalized spacial score (nSPS) is 11.0. The summed E-state index contributed by atoms with van der Waals surface area (Å²) in [5.74, 6) is -0.983. The van der Waals surface area contributed by atoms with Crippen LogP contribution < -0.4 is 10.0 Å². The van der Waals surface area contributed by atoms with Crippen molar-refractivity contribution >= 4 is 27.3 Å². The topological polar surface area (TPSA) is 75.3 Å². The summed E-state index contributed by atoms with van der Waals surface area (Å²) in [6.45, 7) is 1.94. The number of para-hydroxylation sites is 1. The van der Waals surface area contributed by atoms with Crippen LogP contribution in [0.15, 0.2) is 77.7 Å². The molecule has 2 N–H and O–H groups in total. The van der Waals surface area contributed by atoms with Crippen molar-refractivity contribution < 1.29 is 17.6 Å². The lowest BCUT2D eigenvalue weighted by molar-refractivity contribution is 0.102. The summed E-state index contributed by atoms with van der Waals surface area (Å²) in [5, 5.41) is 2.74. The molecule has 0 fully saturated rings. The van der Waals surface area contributed by atoms with E-state index in [-0.39, 0.29) is 16.1 Å². The van der Waals surface area contributed by atoms with Crippen LogP contribution in [0.25, 0.3) is 0 Å². The summed E-state index contributed by atoms with van der Waals surface area (Å²) in [6.07, 6.45) is 0. The number of anilines is 2. The molecule has 0 saturated carbocycles. The number of benzene rings is 3. The molecule has 5 nitrogen and oxygen atoms in total. The Morgan fingerprint density at radius 2 is 1.52 bits per heavy atom. The molecule has 138 valence electrons. The third kappa shape index (κ3) is 4.51. The maximum Gasteiger partial charge on any atom is 0.261 e. The molecule has 1 amide bonds. The van der Waals surface area contributed by atoms with Crippen molar-refractivity contribution in [1.29, 1.82) is 0 Å². The third-order valence-corrected chi connectivity index (χ3v) is 5.23. The lowest BCUT2D eigenvalue weighted by Gasteiger charge is -2.13. The first kappa shape index (κ1) is 18.6. The van der Waals surface area contributed by atoms with Gasteiger partial charge in [-0.2, -0.15) is 0 Å². The Balaban J connectivity index is 1.86. The van der Waals surface area contributed by atoms with Gasteiger partial charge in [0.05, 0.1) is 16.1 Å². The van der Waals surface area contributed by atoms with Crippen LogP contribution >= 0.6 is 0 Å². The quantitative estimate of drug-likeness (QED) is 0.693. The minimum Gasteiger partial charge on any atom is -0.322 e. The van der Waals surface area contributed by atoms with Gasteiger partial charge in [0.25, 0.3) is 15.9 Å². The van der Waals surface area contributed by atoms with Gasteiger partial charge in [-0.05, 0) is 55.5 Å². The average Bonchev–Trinajstić information content (AvgIpc) is 2.64. The molecule has 3 aromatic carbocycles. The first-order valence-corrected chi connectivity index (χ1v) is 9.59. The largest absolute Gasteiger partial charge is 0.322 e. The van der Waals surface area contributed by atoms with Gasteiger partial charge in [0.1, 0.15) is 5.82 Å². The fourth-order valence-corrected chi connectivity index (χ4v) is 3.50. The number of aryl methyl sites for hydroxylation is 1. The van der Waals surface area contributed by atoms with E-state index in [4.69, 9.17) is 0 Å². The van der Waals surface area contributed by atoms with Crippen LogP contribution in [0.1, 0.15) is 15.9 Å². The van der Waals surface area contributed by atoms with Crippen molar-refractivity contribution in [2.24, 2.45) is 0 Å². The van der Waals surface area contributed by atoms with Crippen molar-refractivity contribution in [3.8, 4) is 0 Å². The molecule has 0 heterocycles. The molecule has 0 spiro atoms. The molecule has 0 aromatic heterocycles. The summed E-state index contributed by atoms with van der Waals surface area (Å²) in [4.78, 5) is 12.5. The van der Waals surface area contributed by atoms with Gasteiger partial charge in [0.2, 0.25) is 0 Å². The zero-order chi connectivity index (χ0) is 19.4. The minimum atomic E-state index is -3.96. The zero-order valence-electron chi connectivity index (χ0n) is 14.4. The fourth-order valence-electron chi connectivity index (χ4n) is 2.42. The summed E-state index contributed by atoms with van der Waals surface area (Å²) in [6, 6.07) is 17.9. The number of sulfonamides is 1. The van der Waals surface area contributed by atoms with Gasteiger partial charge in [0, 0.05) is 5.69 Å². The molecule has 0 aliphatic heterocycles. The molecule has 0 aliphatic rings. The Morgan fingerprint density at radius 1 is 0.889 bits per heavy atom. The number of rotatable bonds is 5. The van der Waals surface area contributed by atoms with Gasteiger partial charge >= 0.3 is 0 Å². The van der Waals surface area contributed by atoms with Crippen molar-refractivity contribution in [3.05, 3.63) is 89.7 Å². The van der Waals surface area contributed by atoms with Gasteiger partial charge in [-0.3, -0.25) is 9.52 Å². The monoisotopic (exact) mass is 384 g/mol. The van der Waals surface area contributed by atoms with Crippen LogP contribution in [0, 0.1) is 12.7 Å². The Morgan fingerprint density at radius 3 is 2.19 bits per heavy atom. The van der Waals surface area contributed by atoms with E-state index in [9.17, 15) is 17.6 Å². The molecule has 0 bridgehead atoms. The second-order valence-electron chi connectivity index (χ2n) is 5.93. The van der Waals surface area contributed by atoms with Crippen LogP contribution in [0.3, 0.4) is 0 Å². The van der Waals surface area contributed by atoms with E-state index in [1.807, 2.05) is 19.1 Å². The second-order valence-corrected chi connectivity index (χ2v) is 7.61. The maximum absolute atomic E-state index is 13.0. The number of nitrogens with one attached hydrogen (secondary N) is 2. The number of halogens is 1. The van der Waals surface area contributed by atoms with Gasteiger partial charge in [-0.15, -0.1) is 0 Å². The molecule has 3 rings (SSSR count). The summed E-state index contributed by atoms with van der Waals surface area (Å²) in [7, 11) is -3.96. The van der Waals surface area contributed by atoms with Crippen molar-refractivity contribution in [3.63, 3.8) is 0 Å². The molecule has 3 aromatic rings. The van der Waals surface area contributed by atoms with Gasteiger partial charge in [0.15, 0.2) is 0 Å². The number of carbonyl (C=O) groups excluding carboxylic acids is 1. The molecular formula is C20H17FN2O3S. The van der Waals surface area contributed by atoms with Crippen LogP contribution in [0.2, 0.25) is 0 Å². The molecule has 0 radical (unpaired) electrons. The molecule has 7 heteroatoms. The Labute approximate surface area is 156 Å². The summed E-state index contributed by atoms with van der Waals surface area (Å²) < 4.78 is 40.5. The highest BCUT2D eigenvalue weighted by molar-refractivity contribution is 7.92. The SMILES string of the molecule is Cc1ccc(NC(=O)c2ccccc2NS(=O)(=O)c2ccc(F)cc2)cc1. The third-order valence-electron chi connectivity index (χ3n) is 3.85. The predicted octanol–water partition coefficient (Wildman–Crippen LogP) is 4.19. The van der Waals surface area contributed by atoms with Crippen LogP contribution in [0.5, 0.6) is 0 Å².